The molecule has 35 heavy (non-hydrogen) atoms. The number of aromatic amines is 1. The average molecular weight is 471 g/mol. The minimum Gasteiger partial charge on any atom is -0.299 e. The smallest absolute Gasteiger partial charge is 0.299 e. The molecule has 7 nitrogen and oxygen atoms in total. The number of nitrogens with one attached hydrogen (secondary N) is 1. The molecular formula is C28H34N6O. The summed E-state index contributed by atoms with van der Waals surface area (Å²) < 4.78 is 3.96. The van der Waals surface area contributed by atoms with Crippen LogP contribution in [0.3, 0.4) is 0 Å². The van der Waals surface area contributed by atoms with Gasteiger partial charge in [-0.05, 0) is 53.0 Å². The van der Waals surface area contributed by atoms with E-state index in [1.54, 1.807) is 0 Å². The van der Waals surface area contributed by atoms with Crippen molar-refractivity contribution < 1.29 is 0 Å². The van der Waals surface area contributed by atoms with Crippen LogP contribution < -0.4 is 5.69 Å². The predicted molar refractivity (Wildman–Crippen MR) is 138 cm³/mol. The second-order valence-corrected chi connectivity index (χ2v) is 9.87. The first-order valence-corrected chi connectivity index (χ1v) is 12.9. The summed E-state index contributed by atoms with van der Waals surface area (Å²) in [5.74, 6) is 1.55. The number of H-pyrrole nitrogens is 1. The van der Waals surface area contributed by atoms with Gasteiger partial charge in [0.05, 0.1) is 6.54 Å². The van der Waals surface area contributed by atoms with Crippen LogP contribution >= 0.6 is 0 Å². The first kappa shape index (κ1) is 23.3. The number of rotatable bonds is 8. The van der Waals surface area contributed by atoms with Crippen molar-refractivity contribution in [1.29, 1.82) is 0 Å². The van der Waals surface area contributed by atoms with E-state index < -0.39 is 0 Å². The van der Waals surface area contributed by atoms with Crippen molar-refractivity contribution >= 4 is 0 Å². The Morgan fingerprint density at radius 2 is 1.77 bits per heavy atom. The maximum Gasteiger partial charge on any atom is 0.328 e. The zero-order chi connectivity index (χ0) is 24.2. The van der Waals surface area contributed by atoms with Crippen molar-refractivity contribution in [1.82, 2.24) is 29.8 Å². The van der Waals surface area contributed by atoms with Crippen molar-refractivity contribution in [3.05, 3.63) is 76.5 Å². The van der Waals surface area contributed by atoms with Gasteiger partial charge in [0, 0.05) is 24.0 Å². The molecule has 0 saturated heterocycles. The highest BCUT2D eigenvalue weighted by Crippen LogP contribution is 2.30. The molecule has 1 fully saturated rings. The van der Waals surface area contributed by atoms with Crippen LogP contribution in [0.4, 0.5) is 0 Å². The monoisotopic (exact) mass is 470 g/mol. The van der Waals surface area contributed by atoms with Gasteiger partial charge in [-0.2, -0.15) is 5.21 Å². The molecule has 1 atom stereocenters. The van der Waals surface area contributed by atoms with E-state index in [0.717, 1.165) is 40.9 Å². The van der Waals surface area contributed by atoms with Crippen LogP contribution in [0.25, 0.3) is 22.5 Å². The average Bonchev–Trinajstić information content (AvgIpc) is 3.54. The molecule has 7 heteroatoms. The van der Waals surface area contributed by atoms with E-state index in [2.05, 4.69) is 71.0 Å². The highest BCUT2D eigenvalue weighted by molar-refractivity contribution is 5.80. The molecule has 2 aromatic heterocycles. The van der Waals surface area contributed by atoms with E-state index in [1.807, 2.05) is 27.3 Å². The highest BCUT2D eigenvalue weighted by atomic mass is 16.1. The molecule has 4 aromatic rings. The maximum absolute atomic E-state index is 13.5. The summed E-state index contributed by atoms with van der Waals surface area (Å²) in [5.41, 5.74) is 5.45. The van der Waals surface area contributed by atoms with Crippen LogP contribution in [-0.2, 0) is 13.1 Å². The molecule has 1 aliphatic rings. The number of hydrogen-bond donors (Lipinski definition) is 1. The number of aromatic nitrogens is 6. The van der Waals surface area contributed by atoms with Crippen LogP contribution in [0.5, 0.6) is 0 Å². The molecule has 0 bridgehead atoms. The number of tetrazole rings is 1. The Morgan fingerprint density at radius 3 is 2.46 bits per heavy atom. The van der Waals surface area contributed by atoms with Crippen LogP contribution in [-0.4, -0.2) is 29.8 Å². The fourth-order valence-electron chi connectivity index (χ4n) is 5.27. The lowest BCUT2D eigenvalue weighted by atomic mass is 9.89. The molecule has 182 valence electrons. The number of imidazole rings is 1. The van der Waals surface area contributed by atoms with Gasteiger partial charge in [-0.25, -0.2) is 4.79 Å². The summed E-state index contributed by atoms with van der Waals surface area (Å²) >= 11 is 0. The Labute approximate surface area is 206 Å². The third-order valence-corrected chi connectivity index (χ3v) is 7.49. The summed E-state index contributed by atoms with van der Waals surface area (Å²) in [6.07, 6.45) is 9.53. The first-order chi connectivity index (χ1) is 17.1. The third kappa shape index (κ3) is 4.99. The summed E-state index contributed by atoms with van der Waals surface area (Å²) in [6, 6.07) is 16.5. The maximum atomic E-state index is 13.5. The van der Waals surface area contributed by atoms with Gasteiger partial charge in [-0.1, -0.05) is 81.6 Å². The third-order valence-electron chi connectivity index (χ3n) is 7.49. The molecule has 2 heterocycles. The van der Waals surface area contributed by atoms with Crippen molar-refractivity contribution in [2.45, 2.75) is 71.4 Å². The van der Waals surface area contributed by atoms with Crippen LogP contribution in [0.2, 0.25) is 0 Å². The zero-order valence-electron chi connectivity index (χ0n) is 20.7. The lowest BCUT2D eigenvalue weighted by molar-refractivity contribution is 0.315. The fraction of sp³-hybridized carbons (Fsp3) is 0.429. The summed E-state index contributed by atoms with van der Waals surface area (Å²) in [6.45, 7) is 5.84. The molecule has 0 aliphatic heterocycles. The van der Waals surface area contributed by atoms with Gasteiger partial charge in [0.15, 0.2) is 0 Å². The van der Waals surface area contributed by atoms with Gasteiger partial charge >= 0.3 is 5.69 Å². The van der Waals surface area contributed by atoms with Crippen molar-refractivity contribution in [3.63, 3.8) is 0 Å². The molecule has 0 amide bonds. The normalized spacial score (nSPS) is 15.4. The van der Waals surface area contributed by atoms with Gasteiger partial charge in [-0.15, -0.1) is 10.2 Å². The second-order valence-electron chi connectivity index (χ2n) is 9.87. The zero-order valence-corrected chi connectivity index (χ0v) is 20.7. The Morgan fingerprint density at radius 1 is 1.03 bits per heavy atom. The topological polar surface area (TPSA) is 81.4 Å². The van der Waals surface area contributed by atoms with Crippen LogP contribution in [0.1, 0.15) is 69.5 Å². The van der Waals surface area contributed by atoms with Crippen molar-refractivity contribution in [2.24, 2.45) is 5.92 Å². The van der Waals surface area contributed by atoms with Crippen molar-refractivity contribution in [2.75, 3.05) is 0 Å². The van der Waals surface area contributed by atoms with E-state index in [0.29, 0.717) is 24.2 Å². The van der Waals surface area contributed by atoms with E-state index in [9.17, 15) is 4.79 Å². The van der Waals surface area contributed by atoms with Gasteiger partial charge in [0.25, 0.3) is 0 Å². The van der Waals surface area contributed by atoms with Gasteiger partial charge in [-0.3, -0.25) is 9.13 Å². The molecule has 5 rings (SSSR count). The largest absolute Gasteiger partial charge is 0.328 e. The van der Waals surface area contributed by atoms with Gasteiger partial charge in [0.2, 0.25) is 5.82 Å². The lowest BCUT2D eigenvalue weighted by Crippen LogP contribution is -2.28. The molecule has 1 N–H and O–H groups in total. The molecule has 1 saturated carbocycles. The van der Waals surface area contributed by atoms with E-state index in [1.165, 1.54) is 32.1 Å². The summed E-state index contributed by atoms with van der Waals surface area (Å²) in [5, 5.41) is 14.5. The van der Waals surface area contributed by atoms with E-state index in [4.69, 9.17) is 0 Å². The van der Waals surface area contributed by atoms with Crippen LogP contribution in [0.15, 0.2) is 59.5 Å². The second kappa shape index (κ2) is 10.4. The summed E-state index contributed by atoms with van der Waals surface area (Å²) in [7, 11) is 0. The molecule has 1 unspecified atom stereocenters. The van der Waals surface area contributed by atoms with Crippen molar-refractivity contribution in [3.8, 4) is 22.5 Å². The van der Waals surface area contributed by atoms with Gasteiger partial charge < -0.3 is 0 Å². The standard InChI is InChI=1S/C28H34N6O/c1-3-20(2)26-19-33(17-21-9-5-4-6-10-21)28(35)34(26)18-22-13-15-23(16-14-22)24-11-7-8-12-25(24)27-29-31-32-30-27/h7-8,11-16,19-21H,3-6,9-10,17-18H2,1-2H3,(H,29,30,31,32). The molecule has 1 aliphatic carbocycles. The first-order valence-electron chi connectivity index (χ1n) is 12.9. The fourth-order valence-corrected chi connectivity index (χ4v) is 5.27. The lowest BCUT2D eigenvalue weighted by Gasteiger charge is -2.21. The Bertz CT molecular complexity index is 1300. The quantitative estimate of drug-likeness (QED) is 0.361. The molecular weight excluding hydrogens is 436 g/mol. The number of nitrogens with zero attached hydrogens (tertiary/aromatic N) is 5. The Balaban J connectivity index is 1.41. The van der Waals surface area contributed by atoms with E-state index >= 15 is 0 Å². The molecule has 0 spiro atoms. The summed E-state index contributed by atoms with van der Waals surface area (Å²) in [4.78, 5) is 13.5. The number of hydrogen-bond acceptors (Lipinski definition) is 4. The predicted octanol–water partition coefficient (Wildman–Crippen LogP) is 5.64. The highest BCUT2D eigenvalue weighted by Gasteiger charge is 2.20. The van der Waals surface area contributed by atoms with Crippen LogP contribution in [0, 0.1) is 5.92 Å². The minimum atomic E-state index is 0.123. The molecule has 0 radical (unpaired) electrons. The molecule has 2 aromatic carbocycles. The number of benzene rings is 2. The minimum absolute atomic E-state index is 0.123. The SMILES string of the molecule is CCC(C)c1cn(CC2CCCCC2)c(=O)n1Cc1ccc(-c2ccccc2-c2nn[nH]n2)cc1. The van der Waals surface area contributed by atoms with E-state index in [-0.39, 0.29) is 5.69 Å². The Hall–Kier alpha value is -3.48. The van der Waals surface area contributed by atoms with Gasteiger partial charge in [0.1, 0.15) is 0 Å². The Kier molecular flexibility index (Phi) is 6.93.